The van der Waals surface area contributed by atoms with Crippen LogP contribution in [-0.2, 0) is 4.79 Å². The van der Waals surface area contributed by atoms with Gasteiger partial charge in [-0.2, -0.15) is 0 Å². The highest BCUT2D eigenvalue weighted by Crippen LogP contribution is 2.18. The summed E-state index contributed by atoms with van der Waals surface area (Å²) in [6.07, 6.45) is 1.08. The van der Waals surface area contributed by atoms with Gasteiger partial charge in [-0.05, 0) is 36.9 Å². The number of hydrogen-bond donors (Lipinski definition) is 2. The van der Waals surface area contributed by atoms with Gasteiger partial charge in [0.1, 0.15) is 11.6 Å². The van der Waals surface area contributed by atoms with Crippen molar-refractivity contribution in [1.82, 2.24) is 0 Å². The van der Waals surface area contributed by atoms with E-state index in [9.17, 15) is 13.6 Å². The van der Waals surface area contributed by atoms with Crippen LogP contribution in [0.5, 0.6) is 0 Å². The van der Waals surface area contributed by atoms with Crippen molar-refractivity contribution in [1.29, 1.82) is 0 Å². The monoisotopic (exact) mass is 270 g/mol. The molecular formula is C14H20F2N2O. The van der Waals surface area contributed by atoms with Crippen LogP contribution < -0.4 is 11.1 Å². The molecule has 0 aliphatic carbocycles. The molecule has 0 heterocycles. The minimum Gasteiger partial charge on any atom is -0.330 e. The molecule has 0 aromatic heterocycles. The highest BCUT2D eigenvalue weighted by atomic mass is 19.1. The average Bonchev–Trinajstić information content (AvgIpc) is 2.31. The number of carbonyl (C=O) groups is 1. The number of benzene rings is 1. The van der Waals surface area contributed by atoms with E-state index >= 15 is 0 Å². The Kier molecular flexibility index (Phi) is 5.89. The number of hydrogen-bond acceptors (Lipinski definition) is 2. The molecule has 0 saturated heterocycles. The second-order valence-electron chi connectivity index (χ2n) is 5.11. The first kappa shape index (κ1) is 15.6. The highest BCUT2D eigenvalue weighted by molar-refractivity contribution is 5.90. The third-order valence-electron chi connectivity index (χ3n) is 2.82. The zero-order valence-electron chi connectivity index (χ0n) is 11.2. The number of amides is 1. The minimum absolute atomic E-state index is 0.00767. The van der Waals surface area contributed by atoms with Crippen molar-refractivity contribution in [2.45, 2.75) is 26.7 Å². The molecule has 0 aliphatic heterocycles. The largest absolute Gasteiger partial charge is 0.330 e. The van der Waals surface area contributed by atoms with Crippen LogP contribution in [-0.4, -0.2) is 12.5 Å². The Balaban J connectivity index is 2.59. The first-order chi connectivity index (χ1) is 8.92. The van der Waals surface area contributed by atoms with E-state index in [1.54, 1.807) is 0 Å². The van der Waals surface area contributed by atoms with Crippen LogP contribution in [0.4, 0.5) is 14.5 Å². The molecule has 0 spiro atoms. The molecule has 0 aliphatic rings. The summed E-state index contributed by atoms with van der Waals surface area (Å²) < 4.78 is 26.1. The molecule has 1 aromatic carbocycles. The molecule has 3 nitrogen and oxygen atoms in total. The number of rotatable bonds is 6. The molecule has 1 atom stereocenters. The van der Waals surface area contributed by atoms with Crippen molar-refractivity contribution in [3.05, 3.63) is 29.8 Å². The lowest BCUT2D eigenvalue weighted by molar-refractivity contribution is -0.117. The third kappa shape index (κ3) is 5.34. The van der Waals surface area contributed by atoms with Crippen LogP contribution in [0.2, 0.25) is 0 Å². The first-order valence-corrected chi connectivity index (χ1v) is 6.37. The number of carbonyl (C=O) groups excluding carboxylic acids is 1. The molecular weight excluding hydrogens is 250 g/mol. The van der Waals surface area contributed by atoms with Crippen molar-refractivity contribution in [2.24, 2.45) is 17.6 Å². The van der Waals surface area contributed by atoms with Crippen LogP contribution in [0.25, 0.3) is 0 Å². The summed E-state index contributed by atoms with van der Waals surface area (Å²) in [5, 5.41) is 2.44. The standard InChI is InChI=1S/C14H20F2N2O/c1-9(2)5-10(8-17)6-14(19)18-13-4-3-11(15)7-12(13)16/h3-4,7,9-10H,5-6,8,17H2,1-2H3,(H,18,19)/t10-/m0/s1. The van der Waals surface area contributed by atoms with Crippen molar-refractivity contribution in [3.63, 3.8) is 0 Å². The Labute approximate surface area is 112 Å². The van der Waals surface area contributed by atoms with E-state index in [-0.39, 0.29) is 23.9 Å². The molecule has 1 rings (SSSR count). The molecule has 1 aromatic rings. The smallest absolute Gasteiger partial charge is 0.224 e. The topological polar surface area (TPSA) is 55.1 Å². The lowest BCUT2D eigenvalue weighted by atomic mass is 9.94. The predicted molar refractivity (Wildman–Crippen MR) is 71.6 cm³/mol. The second-order valence-corrected chi connectivity index (χ2v) is 5.11. The fraction of sp³-hybridized carbons (Fsp3) is 0.500. The number of nitrogens with two attached hydrogens (primary N) is 1. The normalized spacial score (nSPS) is 12.5. The molecule has 0 fully saturated rings. The van der Waals surface area contributed by atoms with Crippen LogP contribution >= 0.6 is 0 Å². The zero-order chi connectivity index (χ0) is 14.4. The van der Waals surface area contributed by atoms with Gasteiger partial charge < -0.3 is 11.1 Å². The van der Waals surface area contributed by atoms with Crippen molar-refractivity contribution >= 4 is 11.6 Å². The molecule has 0 unspecified atom stereocenters. The fourth-order valence-corrected chi connectivity index (χ4v) is 1.98. The van der Waals surface area contributed by atoms with Crippen LogP contribution in [0.3, 0.4) is 0 Å². The molecule has 106 valence electrons. The van der Waals surface area contributed by atoms with Gasteiger partial charge in [-0.1, -0.05) is 13.8 Å². The Morgan fingerprint density at radius 1 is 1.37 bits per heavy atom. The average molecular weight is 270 g/mol. The van der Waals surface area contributed by atoms with Crippen LogP contribution in [0.15, 0.2) is 18.2 Å². The summed E-state index contributed by atoms with van der Waals surface area (Å²) >= 11 is 0. The Bertz CT molecular complexity index is 435. The van der Waals surface area contributed by atoms with E-state index < -0.39 is 11.6 Å². The van der Waals surface area contributed by atoms with E-state index in [1.165, 1.54) is 6.07 Å². The lowest BCUT2D eigenvalue weighted by Crippen LogP contribution is -2.23. The maximum atomic E-state index is 13.4. The molecule has 0 saturated carbocycles. The molecule has 1 amide bonds. The van der Waals surface area contributed by atoms with E-state index in [0.29, 0.717) is 12.5 Å². The summed E-state index contributed by atoms with van der Waals surface area (Å²) in [7, 11) is 0. The zero-order valence-corrected chi connectivity index (χ0v) is 11.2. The lowest BCUT2D eigenvalue weighted by Gasteiger charge is -2.16. The molecule has 0 bridgehead atoms. The summed E-state index contributed by atoms with van der Waals surface area (Å²) in [6, 6.07) is 3.06. The first-order valence-electron chi connectivity index (χ1n) is 6.37. The molecule has 3 N–H and O–H groups in total. The van der Waals surface area contributed by atoms with Gasteiger partial charge in [0.2, 0.25) is 5.91 Å². The van der Waals surface area contributed by atoms with E-state index in [4.69, 9.17) is 5.73 Å². The van der Waals surface area contributed by atoms with E-state index in [1.807, 2.05) is 0 Å². The van der Waals surface area contributed by atoms with Crippen LogP contribution in [0.1, 0.15) is 26.7 Å². The summed E-state index contributed by atoms with van der Waals surface area (Å²) in [4.78, 5) is 11.8. The van der Waals surface area contributed by atoms with E-state index in [0.717, 1.165) is 18.6 Å². The van der Waals surface area contributed by atoms with Gasteiger partial charge >= 0.3 is 0 Å². The second kappa shape index (κ2) is 7.19. The van der Waals surface area contributed by atoms with Gasteiger partial charge in [-0.15, -0.1) is 0 Å². The summed E-state index contributed by atoms with van der Waals surface area (Å²) in [6.45, 7) is 4.53. The van der Waals surface area contributed by atoms with Gasteiger partial charge in [-0.25, -0.2) is 8.78 Å². The van der Waals surface area contributed by atoms with Gasteiger partial charge in [0.05, 0.1) is 5.69 Å². The third-order valence-corrected chi connectivity index (χ3v) is 2.82. The molecule has 0 radical (unpaired) electrons. The van der Waals surface area contributed by atoms with Gasteiger partial charge in [0, 0.05) is 12.5 Å². The Hall–Kier alpha value is -1.49. The Morgan fingerprint density at radius 3 is 2.58 bits per heavy atom. The van der Waals surface area contributed by atoms with Crippen molar-refractivity contribution < 1.29 is 13.6 Å². The molecule has 5 heteroatoms. The van der Waals surface area contributed by atoms with Gasteiger partial charge in [-0.3, -0.25) is 4.79 Å². The SMILES string of the molecule is CC(C)C[C@H](CN)CC(=O)Nc1ccc(F)cc1F. The minimum atomic E-state index is -0.776. The van der Waals surface area contributed by atoms with Crippen LogP contribution in [0, 0.1) is 23.5 Å². The summed E-state index contributed by atoms with van der Waals surface area (Å²) in [5.41, 5.74) is 5.60. The Morgan fingerprint density at radius 2 is 2.05 bits per heavy atom. The fourth-order valence-electron chi connectivity index (χ4n) is 1.98. The van der Waals surface area contributed by atoms with Gasteiger partial charge in [0.15, 0.2) is 0 Å². The number of anilines is 1. The quantitative estimate of drug-likeness (QED) is 0.835. The van der Waals surface area contributed by atoms with Gasteiger partial charge in [0.25, 0.3) is 0 Å². The predicted octanol–water partition coefficient (Wildman–Crippen LogP) is 2.91. The van der Waals surface area contributed by atoms with Crippen molar-refractivity contribution in [3.8, 4) is 0 Å². The molecule has 19 heavy (non-hydrogen) atoms. The van der Waals surface area contributed by atoms with E-state index in [2.05, 4.69) is 19.2 Å². The maximum Gasteiger partial charge on any atom is 0.224 e. The number of nitrogens with one attached hydrogen (secondary N) is 1. The maximum absolute atomic E-state index is 13.4. The number of halogens is 2. The highest BCUT2D eigenvalue weighted by Gasteiger charge is 2.15. The summed E-state index contributed by atoms with van der Waals surface area (Å²) in [5.74, 6) is -1.23. The van der Waals surface area contributed by atoms with Crippen molar-refractivity contribution in [2.75, 3.05) is 11.9 Å².